The Labute approximate surface area is 91.7 Å². The highest BCUT2D eigenvalue weighted by molar-refractivity contribution is 5.75. The Bertz CT molecular complexity index is 275. The molecule has 0 rings (SSSR count). The number of allylic oxidation sites excluding steroid dienone is 2. The maximum atomic E-state index is 10.8. The van der Waals surface area contributed by atoms with Gasteiger partial charge in [0.2, 0.25) is 0 Å². The predicted octanol–water partition coefficient (Wildman–Crippen LogP) is 2.34. The minimum atomic E-state index is -0.813. The molecule has 0 saturated heterocycles. The van der Waals surface area contributed by atoms with Gasteiger partial charge in [-0.1, -0.05) is 23.8 Å². The van der Waals surface area contributed by atoms with Crippen LogP contribution in [0.4, 0.5) is 0 Å². The lowest BCUT2D eigenvalue weighted by atomic mass is 9.93. The second-order valence-electron chi connectivity index (χ2n) is 4.40. The molecule has 1 unspecified atom stereocenters. The van der Waals surface area contributed by atoms with Gasteiger partial charge in [0.25, 0.3) is 0 Å². The van der Waals surface area contributed by atoms with E-state index in [0.717, 1.165) is 12.0 Å². The van der Waals surface area contributed by atoms with Crippen LogP contribution in [0, 0.1) is 5.41 Å². The number of rotatable bonds is 5. The second-order valence-corrected chi connectivity index (χ2v) is 4.40. The van der Waals surface area contributed by atoms with Crippen LogP contribution in [0.5, 0.6) is 0 Å². The van der Waals surface area contributed by atoms with Gasteiger partial charge in [0.05, 0.1) is 5.41 Å². The largest absolute Gasteiger partial charge is 0.481 e. The number of hydrogen-bond donors (Lipinski definition) is 2. The average molecular weight is 211 g/mol. The summed E-state index contributed by atoms with van der Waals surface area (Å²) < 4.78 is 0. The van der Waals surface area contributed by atoms with Crippen LogP contribution >= 0.6 is 0 Å². The third kappa shape index (κ3) is 5.37. The quantitative estimate of drug-likeness (QED) is 0.686. The standard InChI is InChI=1S/C12H21NO2/c1-9(10(2)13)7-5-6-8-12(3,4)11(14)15/h6-8,10H,5,13H2,1-4H3,(H,14,15)/b8-6-,9-7-. The maximum Gasteiger partial charge on any atom is 0.312 e. The second kappa shape index (κ2) is 5.71. The van der Waals surface area contributed by atoms with Crippen molar-refractivity contribution < 1.29 is 9.90 Å². The van der Waals surface area contributed by atoms with Gasteiger partial charge in [0, 0.05) is 6.04 Å². The molecule has 3 heteroatoms. The molecule has 3 nitrogen and oxygen atoms in total. The molecule has 0 amide bonds. The van der Waals surface area contributed by atoms with Crippen molar-refractivity contribution in [1.82, 2.24) is 0 Å². The van der Waals surface area contributed by atoms with Crippen molar-refractivity contribution in [3.05, 3.63) is 23.8 Å². The minimum Gasteiger partial charge on any atom is -0.481 e. The number of carboxylic acids is 1. The van der Waals surface area contributed by atoms with Gasteiger partial charge in [-0.2, -0.15) is 0 Å². The number of carboxylic acid groups (broad SMARTS) is 1. The zero-order chi connectivity index (χ0) is 12.1. The molecule has 0 heterocycles. The molecule has 0 aliphatic heterocycles. The summed E-state index contributed by atoms with van der Waals surface area (Å²) in [7, 11) is 0. The van der Waals surface area contributed by atoms with Crippen molar-refractivity contribution in [1.29, 1.82) is 0 Å². The summed E-state index contributed by atoms with van der Waals surface area (Å²) in [6.07, 6.45) is 6.31. The van der Waals surface area contributed by atoms with Gasteiger partial charge < -0.3 is 10.8 Å². The van der Waals surface area contributed by atoms with E-state index in [2.05, 4.69) is 0 Å². The summed E-state index contributed by atoms with van der Waals surface area (Å²) >= 11 is 0. The molecule has 0 aromatic heterocycles. The number of hydrogen-bond acceptors (Lipinski definition) is 2. The van der Waals surface area contributed by atoms with E-state index in [0.29, 0.717) is 0 Å². The molecule has 0 aliphatic rings. The summed E-state index contributed by atoms with van der Waals surface area (Å²) in [6.45, 7) is 7.25. The molecule has 0 spiro atoms. The Morgan fingerprint density at radius 2 is 2.07 bits per heavy atom. The fourth-order valence-corrected chi connectivity index (χ4v) is 0.874. The molecule has 0 saturated carbocycles. The van der Waals surface area contributed by atoms with Crippen LogP contribution in [0.1, 0.15) is 34.1 Å². The predicted molar refractivity (Wildman–Crippen MR) is 62.6 cm³/mol. The molecule has 0 aliphatic carbocycles. The fourth-order valence-electron chi connectivity index (χ4n) is 0.874. The molecular weight excluding hydrogens is 190 g/mol. The van der Waals surface area contributed by atoms with E-state index in [1.807, 2.05) is 26.0 Å². The summed E-state index contributed by atoms with van der Waals surface area (Å²) in [6, 6.07) is 0.0610. The van der Waals surface area contributed by atoms with Crippen molar-refractivity contribution in [2.24, 2.45) is 11.1 Å². The number of carbonyl (C=O) groups is 1. The number of nitrogens with two attached hydrogens (primary N) is 1. The van der Waals surface area contributed by atoms with Gasteiger partial charge in [-0.15, -0.1) is 0 Å². The molecule has 15 heavy (non-hydrogen) atoms. The first-order valence-electron chi connectivity index (χ1n) is 5.10. The smallest absolute Gasteiger partial charge is 0.312 e. The van der Waals surface area contributed by atoms with E-state index in [1.54, 1.807) is 19.9 Å². The van der Waals surface area contributed by atoms with Crippen molar-refractivity contribution in [3.8, 4) is 0 Å². The third-order valence-electron chi connectivity index (χ3n) is 2.38. The Hall–Kier alpha value is -1.09. The van der Waals surface area contributed by atoms with Crippen LogP contribution in [0.15, 0.2) is 23.8 Å². The molecular formula is C12H21NO2. The number of aliphatic carboxylic acids is 1. The Balaban J connectivity index is 4.23. The maximum absolute atomic E-state index is 10.8. The summed E-state index contributed by atoms with van der Waals surface area (Å²) in [5.41, 5.74) is 5.99. The lowest BCUT2D eigenvalue weighted by Crippen LogP contribution is -2.20. The van der Waals surface area contributed by atoms with E-state index in [-0.39, 0.29) is 6.04 Å². The zero-order valence-electron chi connectivity index (χ0n) is 9.95. The minimum absolute atomic E-state index is 0.0610. The van der Waals surface area contributed by atoms with Crippen LogP contribution in [0.25, 0.3) is 0 Å². The SMILES string of the molecule is C/C(=C/C/C=C\C(C)(C)C(=O)O)C(C)N. The molecule has 0 bridgehead atoms. The van der Waals surface area contributed by atoms with E-state index in [9.17, 15) is 4.79 Å². The van der Waals surface area contributed by atoms with E-state index in [1.165, 1.54) is 0 Å². The van der Waals surface area contributed by atoms with Gasteiger partial charge in [0.15, 0.2) is 0 Å². The van der Waals surface area contributed by atoms with E-state index >= 15 is 0 Å². The van der Waals surface area contributed by atoms with Crippen LogP contribution in [0.2, 0.25) is 0 Å². The van der Waals surface area contributed by atoms with Gasteiger partial charge in [0.1, 0.15) is 0 Å². The first-order chi connectivity index (χ1) is 6.77. The Kier molecular flexibility index (Phi) is 5.29. The van der Waals surface area contributed by atoms with Crippen LogP contribution < -0.4 is 5.73 Å². The molecule has 0 fully saturated rings. The molecule has 3 N–H and O–H groups in total. The monoisotopic (exact) mass is 211 g/mol. The zero-order valence-corrected chi connectivity index (χ0v) is 9.95. The normalized spacial score (nSPS) is 15.7. The summed E-state index contributed by atoms with van der Waals surface area (Å²) in [5, 5.41) is 8.85. The van der Waals surface area contributed by atoms with E-state index < -0.39 is 11.4 Å². The highest BCUT2D eigenvalue weighted by Crippen LogP contribution is 2.17. The third-order valence-corrected chi connectivity index (χ3v) is 2.38. The van der Waals surface area contributed by atoms with Crippen LogP contribution in [-0.2, 0) is 4.79 Å². The lowest BCUT2D eigenvalue weighted by molar-refractivity contribution is -0.144. The van der Waals surface area contributed by atoms with Gasteiger partial charge in [-0.25, -0.2) is 0 Å². The Morgan fingerprint density at radius 1 is 1.53 bits per heavy atom. The van der Waals surface area contributed by atoms with Crippen molar-refractivity contribution >= 4 is 5.97 Å². The van der Waals surface area contributed by atoms with Crippen molar-refractivity contribution in [3.63, 3.8) is 0 Å². The first-order valence-corrected chi connectivity index (χ1v) is 5.10. The topological polar surface area (TPSA) is 63.3 Å². The summed E-state index contributed by atoms with van der Waals surface area (Å²) in [4.78, 5) is 10.8. The molecule has 0 aromatic rings. The first kappa shape index (κ1) is 13.9. The highest BCUT2D eigenvalue weighted by Gasteiger charge is 2.22. The average Bonchev–Trinajstić information content (AvgIpc) is 2.11. The van der Waals surface area contributed by atoms with Gasteiger partial charge in [-0.05, 0) is 34.1 Å². The molecule has 1 atom stereocenters. The summed E-state index contributed by atoms with van der Waals surface area (Å²) in [5.74, 6) is -0.813. The Morgan fingerprint density at radius 3 is 2.47 bits per heavy atom. The lowest BCUT2D eigenvalue weighted by Gasteiger charge is -2.12. The van der Waals surface area contributed by atoms with Crippen LogP contribution in [-0.4, -0.2) is 17.1 Å². The van der Waals surface area contributed by atoms with Gasteiger partial charge in [-0.3, -0.25) is 4.79 Å². The molecule has 0 radical (unpaired) electrons. The van der Waals surface area contributed by atoms with E-state index in [4.69, 9.17) is 10.8 Å². The molecule has 0 aromatic carbocycles. The van der Waals surface area contributed by atoms with Gasteiger partial charge >= 0.3 is 5.97 Å². The fraction of sp³-hybridized carbons (Fsp3) is 0.583. The van der Waals surface area contributed by atoms with Crippen molar-refractivity contribution in [2.75, 3.05) is 0 Å². The molecule has 86 valence electrons. The highest BCUT2D eigenvalue weighted by atomic mass is 16.4. The van der Waals surface area contributed by atoms with Crippen molar-refractivity contribution in [2.45, 2.75) is 40.2 Å². The van der Waals surface area contributed by atoms with Crippen LogP contribution in [0.3, 0.4) is 0 Å².